The molecule has 0 aromatic rings. The van der Waals surface area contributed by atoms with Gasteiger partial charge in [0, 0.05) is 0 Å². The lowest BCUT2D eigenvalue weighted by Crippen LogP contribution is -2.47. The van der Waals surface area contributed by atoms with E-state index in [1.165, 1.54) is 11.8 Å². The molecule has 0 bridgehead atoms. The van der Waals surface area contributed by atoms with Crippen LogP contribution in [0.1, 0.15) is 6.42 Å². The maximum Gasteiger partial charge on any atom is 0.313 e. The fourth-order valence-corrected chi connectivity index (χ4v) is 2.56. The predicted molar refractivity (Wildman–Crippen MR) is 54.6 cm³/mol. The molecule has 1 rings (SSSR count). The van der Waals surface area contributed by atoms with Gasteiger partial charge in [-0.15, -0.1) is 18.3 Å². The molecule has 0 saturated carbocycles. The Morgan fingerprint density at radius 1 is 1.79 bits per heavy atom. The van der Waals surface area contributed by atoms with E-state index in [1.807, 2.05) is 0 Å². The number of nitrogens with one attached hydrogen (secondary N) is 1. The SMILES string of the molecule is C=CCC1(NC=O)SC=CC1C(=O)O. The third kappa shape index (κ3) is 1.82. The minimum absolute atomic E-state index is 0.417. The summed E-state index contributed by atoms with van der Waals surface area (Å²) in [4.78, 5) is 20.5. The number of carboxylic acids is 1. The van der Waals surface area contributed by atoms with E-state index in [0.29, 0.717) is 12.8 Å². The first-order valence-electron chi connectivity index (χ1n) is 4.06. The minimum atomic E-state index is -0.942. The quantitative estimate of drug-likeness (QED) is 0.527. The number of carbonyl (C=O) groups is 2. The summed E-state index contributed by atoms with van der Waals surface area (Å²) >= 11 is 1.30. The maximum atomic E-state index is 10.9. The van der Waals surface area contributed by atoms with Crippen molar-refractivity contribution < 1.29 is 14.7 Å². The Kier molecular flexibility index (Phi) is 3.35. The van der Waals surface area contributed by atoms with E-state index < -0.39 is 16.8 Å². The van der Waals surface area contributed by atoms with Gasteiger partial charge < -0.3 is 10.4 Å². The van der Waals surface area contributed by atoms with E-state index >= 15 is 0 Å². The molecule has 76 valence electrons. The van der Waals surface area contributed by atoms with Crippen LogP contribution >= 0.6 is 11.8 Å². The van der Waals surface area contributed by atoms with Gasteiger partial charge in [0.05, 0.1) is 0 Å². The van der Waals surface area contributed by atoms with Gasteiger partial charge in [0.15, 0.2) is 0 Å². The van der Waals surface area contributed by atoms with Gasteiger partial charge in [-0.05, 0) is 11.8 Å². The van der Waals surface area contributed by atoms with E-state index in [1.54, 1.807) is 17.6 Å². The van der Waals surface area contributed by atoms with Crippen LogP contribution in [-0.4, -0.2) is 22.4 Å². The Labute approximate surface area is 86.1 Å². The van der Waals surface area contributed by atoms with Crippen molar-refractivity contribution in [3.63, 3.8) is 0 Å². The highest BCUT2D eigenvalue weighted by Crippen LogP contribution is 2.41. The molecule has 4 nitrogen and oxygen atoms in total. The van der Waals surface area contributed by atoms with Crippen molar-refractivity contribution in [2.75, 3.05) is 0 Å². The van der Waals surface area contributed by atoms with Crippen LogP contribution < -0.4 is 5.32 Å². The van der Waals surface area contributed by atoms with Gasteiger partial charge in [0.2, 0.25) is 6.41 Å². The van der Waals surface area contributed by atoms with Crippen molar-refractivity contribution in [2.24, 2.45) is 5.92 Å². The zero-order chi connectivity index (χ0) is 10.6. The molecule has 1 heterocycles. The Bertz CT molecular complexity index is 278. The van der Waals surface area contributed by atoms with Crippen molar-refractivity contribution in [2.45, 2.75) is 11.3 Å². The molecule has 2 N–H and O–H groups in total. The molecular formula is C9H11NO3S. The highest BCUT2D eigenvalue weighted by Gasteiger charge is 2.44. The number of rotatable bonds is 5. The predicted octanol–water partition coefficient (Wildman–Crippen LogP) is 0.966. The minimum Gasteiger partial charge on any atom is -0.481 e. The molecule has 0 spiro atoms. The fraction of sp³-hybridized carbons (Fsp3) is 0.333. The van der Waals surface area contributed by atoms with E-state index in [-0.39, 0.29) is 0 Å². The molecule has 0 aromatic carbocycles. The van der Waals surface area contributed by atoms with Crippen molar-refractivity contribution in [3.8, 4) is 0 Å². The topological polar surface area (TPSA) is 66.4 Å². The molecule has 0 fully saturated rings. The largest absolute Gasteiger partial charge is 0.481 e. The second-order valence-corrected chi connectivity index (χ2v) is 4.14. The molecule has 2 unspecified atom stereocenters. The molecule has 14 heavy (non-hydrogen) atoms. The number of hydrogen-bond acceptors (Lipinski definition) is 3. The second kappa shape index (κ2) is 4.32. The molecule has 0 aliphatic carbocycles. The summed E-state index contributed by atoms with van der Waals surface area (Å²) in [6.07, 6.45) is 4.12. The van der Waals surface area contributed by atoms with Crippen molar-refractivity contribution in [3.05, 3.63) is 24.1 Å². The number of aliphatic carboxylic acids is 1. The number of carbonyl (C=O) groups excluding carboxylic acids is 1. The van der Waals surface area contributed by atoms with Crippen molar-refractivity contribution in [1.29, 1.82) is 0 Å². The fourth-order valence-electron chi connectivity index (χ4n) is 1.42. The summed E-state index contributed by atoms with van der Waals surface area (Å²) in [5.41, 5.74) is 0. The van der Waals surface area contributed by atoms with Gasteiger partial charge in [0.25, 0.3) is 0 Å². The lowest BCUT2D eigenvalue weighted by atomic mass is 9.96. The standard InChI is InChI=1S/C9H11NO3S/c1-2-4-9(10-6-11)7(8(12)13)3-5-14-9/h2-3,5-7H,1,4H2,(H,10,11)(H,12,13). The number of hydrogen-bond donors (Lipinski definition) is 2. The Balaban J connectivity index is 2.90. The highest BCUT2D eigenvalue weighted by atomic mass is 32.2. The zero-order valence-corrected chi connectivity index (χ0v) is 8.29. The van der Waals surface area contributed by atoms with Crippen LogP contribution in [0.4, 0.5) is 0 Å². The lowest BCUT2D eigenvalue weighted by Gasteiger charge is -2.30. The van der Waals surface area contributed by atoms with Gasteiger partial charge in [-0.3, -0.25) is 9.59 Å². The summed E-state index contributed by atoms with van der Waals surface area (Å²) in [5, 5.41) is 13.2. The van der Waals surface area contributed by atoms with E-state index in [9.17, 15) is 9.59 Å². The van der Waals surface area contributed by atoms with Crippen LogP contribution in [0.3, 0.4) is 0 Å². The van der Waals surface area contributed by atoms with Crippen LogP contribution in [-0.2, 0) is 9.59 Å². The van der Waals surface area contributed by atoms with E-state index in [0.717, 1.165) is 0 Å². The summed E-state index contributed by atoms with van der Waals surface area (Å²) in [5.74, 6) is -1.64. The first kappa shape index (κ1) is 10.8. The zero-order valence-electron chi connectivity index (χ0n) is 7.47. The molecule has 5 heteroatoms. The average molecular weight is 213 g/mol. The van der Waals surface area contributed by atoms with Gasteiger partial charge in [-0.25, -0.2) is 0 Å². The van der Waals surface area contributed by atoms with Crippen LogP contribution in [0.25, 0.3) is 0 Å². The van der Waals surface area contributed by atoms with Crippen molar-refractivity contribution in [1.82, 2.24) is 5.32 Å². The van der Waals surface area contributed by atoms with Crippen molar-refractivity contribution >= 4 is 24.1 Å². The van der Waals surface area contributed by atoms with Gasteiger partial charge in [-0.2, -0.15) is 0 Å². The third-order valence-corrected chi connectivity index (χ3v) is 3.32. The maximum absolute atomic E-state index is 10.9. The normalized spacial score (nSPS) is 29.9. The first-order chi connectivity index (χ1) is 6.66. The molecular weight excluding hydrogens is 202 g/mol. The Hall–Kier alpha value is -1.23. The monoisotopic (exact) mass is 213 g/mol. The molecule has 0 saturated heterocycles. The number of amides is 1. The van der Waals surface area contributed by atoms with Gasteiger partial charge >= 0.3 is 5.97 Å². The number of thioether (sulfide) groups is 1. The average Bonchev–Trinajstić information content (AvgIpc) is 2.50. The second-order valence-electron chi connectivity index (χ2n) is 2.91. The Morgan fingerprint density at radius 3 is 3.00 bits per heavy atom. The number of carboxylic acid groups (broad SMARTS) is 1. The smallest absolute Gasteiger partial charge is 0.313 e. The third-order valence-electron chi connectivity index (χ3n) is 2.07. The van der Waals surface area contributed by atoms with Gasteiger partial charge in [0.1, 0.15) is 10.8 Å². The molecule has 1 amide bonds. The van der Waals surface area contributed by atoms with Crippen LogP contribution in [0.15, 0.2) is 24.1 Å². The van der Waals surface area contributed by atoms with Crippen LogP contribution in [0, 0.1) is 5.92 Å². The molecule has 0 radical (unpaired) electrons. The van der Waals surface area contributed by atoms with Crippen LogP contribution in [0.5, 0.6) is 0 Å². The molecule has 1 aliphatic heterocycles. The summed E-state index contributed by atoms with van der Waals surface area (Å²) < 4.78 is 0. The molecule has 2 atom stereocenters. The summed E-state index contributed by atoms with van der Waals surface area (Å²) in [7, 11) is 0. The van der Waals surface area contributed by atoms with Crippen LogP contribution in [0.2, 0.25) is 0 Å². The van der Waals surface area contributed by atoms with Gasteiger partial charge in [-0.1, -0.05) is 12.2 Å². The Morgan fingerprint density at radius 2 is 2.50 bits per heavy atom. The summed E-state index contributed by atoms with van der Waals surface area (Å²) in [6, 6.07) is 0. The molecule has 1 aliphatic rings. The molecule has 0 aromatic heterocycles. The highest BCUT2D eigenvalue weighted by molar-refractivity contribution is 8.03. The van der Waals surface area contributed by atoms with E-state index in [4.69, 9.17) is 5.11 Å². The first-order valence-corrected chi connectivity index (χ1v) is 4.94. The summed E-state index contributed by atoms with van der Waals surface area (Å²) in [6.45, 7) is 3.56. The van der Waals surface area contributed by atoms with E-state index in [2.05, 4.69) is 11.9 Å². The lowest BCUT2D eigenvalue weighted by molar-refractivity contribution is -0.141.